The van der Waals surface area contributed by atoms with E-state index in [1.165, 1.54) is 11.3 Å². The molecule has 2 atom stereocenters. The zero-order valence-electron chi connectivity index (χ0n) is 16.7. The molecule has 6 nitrogen and oxygen atoms in total. The molecule has 0 radical (unpaired) electrons. The summed E-state index contributed by atoms with van der Waals surface area (Å²) in [5.41, 5.74) is 3.43. The number of benzene rings is 2. The Bertz CT molecular complexity index is 960. The van der Waals surface area contributed by atoms with Crippen molar-refractivity contribution >= 4 is 23.0 Å². The summed E-state index contributed by atoms with van der Waals surface area (Å²) in [6.45, 7) is 5.24. The number of carbonyl (C=O) groups excluding carboxylic acids is 1. The van der Waals surface area contributed by atoms with Crippen molar-refractivity contribution < 1.29 is 9.90 Å². The van der Waals surface area contributed by atoms with Crippen LogP contribution >= 0.6 is 0 Å². The van der Waals surface area contributed by atoms with E-state index in [1.807, 2.05) is 37.3 Å². The Kier molecular flexibility index (Phi) is 4.41. The lowest BCUT2D eigenvalue weighted by molar-refractivity contribution is -0.125. The number of amides is 1. The number of carbonyl (C=O) groups is 1. The molecule has 0 unspecified atom stereocenters. The number of hydrazone groups is 1. The van der Waals surface area contributed by atoms with E-state index in [0.717, 1.165) is 31.0 Å². The van der Waals surface area contributed by atoms with Crippen LogP contribution in [0.2, 0.25) is 0 Å². The molecule has 3 aliphatic heterocycles. The highest BCUT2D eigenvalue weighted by Gasteiger charge is 2.59. The molecule has 1 N–H and O–H groups in total. The number of hydrogen-bond acceptors (Lipinski definition) is 5. The van der Waals surface area contributed by atoms with E-state index in [0.29, 0.717) is 13.0 Å². The van der Waals surface area contributed by atoms with E-state index >= 15 is 0 Å². The van der Waals surface area contributed by atoms with Crippen LogP contribution in [0.15, 0.2) is 59.7 Å². The van der Waals surface area contributed by atoms with E-state index in [2.05, 4.69) is 34.1 Å². The summed E-state index contributed by atoms with van der Waals surface area (Å²) >= 11 is 0. The number of β-amino-alcohol motifs (C(OH)–C–C–N with tert-alkyl or cyclic N) is 1. The maximum absolute atomic E-state index is 13.9. The average Bonchev–Trinajstić information content (AvgIpc) is 3.00. The molecule has 3 aliphatic rings. The van der Waals surface area contributed by atoms with Crippen molar-refractivity contribution in [2.75, 3.05) is 42.7 Å². The number of para-hydroxylation sites is 2. The first-order valence-electron chi connectivity index (χ1n) is 10.3. The first-order chi connectivity index (χ1) is 14.1. The Balaban J connectivity index is 1.61. The summed E-state index contributed by atoms with van der Waals surface area (Å²) in [4.78, 5) is 18.6. The molecule has 0 saturated carbocycles. The van der Waals surface area contributed by atoms with Crippen LogP contribution in [0.3, 0.4) is 0 Å². The van der Waals surface area contributed by atoms with E-state index in [9.17, 15) is 9.90 Å². The SMILES string of the molecule is CC1=NN(c2ccccc2)C(=O)[C@]12Cc1ccccc1N1CCN(CCO)C[C@H]12. The normalized spacial score (nSPS) is 26.5. The topological polar surface area (TPSA) is 59.4 Å². The number of anilines is 2. The average molecular weight is 390 g/mol. The lowest BCUT2D eigenvalue weighted by Gasteiger charge is -2.53. The summed E-state index contributed by atoms with van der Waals surface area (Å²) in [5.74, 6) is 0.0524. The maximum atomic E-state index is 13.9. The lowest BCUT2D eigenvalue weighted by Crippen LogP contribution is -2.67. The van der Waals surface area contributed by atoms with E-state index in [-0.39, 0.29) is 18.6 Å². The summed E-state index contributed by atoms with van der Waals surface area (Å²) < 4.78 is 0. The summed E-state index contributed by atoms with van der Waals surface area (Å²) in [7, 11) is 0. The molecule has 0 bridgehead atoms. The van der Waals surface area contributed by atoms with Crippen LogP contribution in [0.5, 0.6) is 0 Å². The first kappa shape index (κ1) is 18.3. The van der Waals surface area contributed by atoms with Crippen molar-refractivity contribution in [1.82, 2.24) is 4.90 Å². The molecule has 150 valence electrons. The van der Waals surface area contributed by atoms with Crippen molar-refractivity contribution in [3.05, 3.63) is 60.2 Å². The number of aliphatic hydroxyl groups is 1. The molecule has 29 heavy (non-hydrogen) atoms. The van der Waals surface area contributed by atoms with Crippen LogP contribution in [-0.2, 0) is 11.2 Å². The minimum atomic E-state index is -0.682. The van der Waals surface area contributed by atoms with Gasteiger partial charge in [-0.1, -0.05) is 36.4 Å². The summed E-state index contributed by atoms with van der Waals surface area (Å²) in [6.07, 6.45) is 0.662. The number of nitrogens with zero attached hydrogens (tertiary/aromatic N) is 4. The fourth-order valence-corrected chi connectivity index (χ4v) is 5.21. The standard InChI is InChI=1S/C23H26N4O2/c1-17-23(22(29)27(24-17)19-8-3-2-4-9-19)15-18-7-5-6-10-20(18)26-12-11-25(13-14-28)16-21(23)26/h2-10,21,28H,11-16H2,1H3/t21-,23+/m0/s1. The predicted molar refractivity (Wildman–Crippen MR) is 114 cm³/mol. The Morgan fingerprint density at radius 2 is 1.86 bits per heavy atom. The molecular formula is C23H26N4O2. The quantitative estimate of drug-likeness (QED) is 0.872. The highest BCUT2D eigenvalue weighted by Crippen LogP contribution is 2.48. The molecule has 2 aromatic carbocycles. The zero-order chi connectivity index (χ0) is 20.0. The minimum Gasteiger partial charge on any atom is -0.395 e. The van der Waals surface area contributed by atoms with Gasteiger partial charge in [0.05, 0.1) is 24.0 Å². The zero-order valence-corrected chi connectivity index (χ0v) is 16.7. The molecule has 5 rings (SSSR count). The van der Waals surface area contributed by atoms with Gasteiger partial charge in [-0.15, -0.1) is 0 Å². The van der Waals surface area contributed by atoms with E-state index in [4.69, 9.17) is 5.10 Å². The molecule has 3 heterocycles. The van der Waals surface area contributed by atoms with Gasteiger partial charge in [-0.3, -0.25) is 9.69 Å². The molecule has 0 aliphatic carbocycles. The highest BCUT2D eigenvalue weighted by molar-refractivity contribution is 6.20. The monoisotopic (exact) mass is 390 g/mol. The van der Waals surface area contributed by atoms with Gasteiger partial charge in [0.1, 0.15) is 5.41 Å². The summed E-state index contributed by atoms with van der Waals surface area (Å²) in [5, 5.41) is 15.8. The minimum absolute atomic E-state index is 0.00247. The first-order valence-corrected chi connectivity index (χ1v) is 10.3. The Morgan fingerprint density at radius 1 is 1.10 bits per heavy atom. The molecule has 2 aromatic rings. The van der Waals surface area contributed by atoms with Gasteiger partial charge in [0, 0.05) is 31.9 Å². The number of aliphatic hydroxyl groups excluding tert-OH is 1. The second-order valence-electron chi connectivity index (χ2n) is 8.15. The smallest absolute Gasteiger partial charge is 0.261 e. The van der Waals surface area contributed by atoms with Crippen molar-refractivity contribution in [1.29, 1.82) is 0 Å². The third-order valence-electron chi connectivity index (χ3n) is 6.69. The number of hydrogen-bond donors (Lipinski definition) is 1. The second-order valence-corrected chi connectivity index (χ2v) is 8.15. The van der Waals surface area contributed by atoms with Crippen molar-refractivity contribution in [3.8, 4) is 0 Å². The van der Waals surface area contributed by atoms with Gasteiger partial charge < -0.3 is 10.0 Å². The van der Waals surface area contributed by atoms with Gasteiger partial charge in [0.15, 0.2) is 0 Å². The number of fused-ring (bicyclic) bond motifs is 4. The third kappa shape index (κ3) is 2.70. The van der Waals surface area contributed by atoms with Crippen LogP contribution in [0.1, 0.15) is 12.5 Å². The molecule has 1 saturated heterocycles. The van der Waals surface area contributed by atoms with E-state index < -0.39 is 5.41 Å². The summed E-state index contributed by atoms with van der Waals surface area (Å²) in [6, 6.07) is 18.1. The molecule has 1 fully saturated rings. The van der Waals surface area contributed by atoms with Crippen molar-refractivity contribution in [2.24, 2.45) is 10.5 Å². The van der Waals surface area contributed by atoms with Crippen LogP contribution in [-0.4, -0.2) is 60.5 Å². The van der Waals surface area contributed by atoms with Gasteiger partial charge in [-0.05, 0) is 37.1 Å². The predicted octanol–water partition coefficient (Wildman–Crippen LogP) is 2.13. The van der Waals surface area contributed by atoms with Gasteiger partial charge in [-0.25, -0.2) is 0 Å². The fraction of sp³-hybridized carbons (Fsp3) is 0.391. The Hall–Kier alpha value is -2.70. The Labute approximate surface area is 171 Å². The van der Waals surface area contributed by atoms with Crippen LogP contribution < -0.4 is 9.91 Å². The van der Waals surface area contributed by atoms with Crippen molar-refractivity contribution in [2.45, 2.75) is 19.4 Å². The van der Waals surface area contributed by atoms with E-state index in [1.54, 1.807) is 5.01 Å². The highest BCUT2D eigenvalue weighted by atomic mass is 16.3. The van der Waals surface area contributed by atoms with Crippen molar-refractivity contribution in [3.63, 3.8) is 0 Å². The molecule has 0 aromatic heterocycles. The number of piperazine rings is 1. The van der Waals surface area contributed by atoms with Crippen LogP contribution in [0, 0.1) is 5.41 Å². The molecular weight excluding hydrogens is 364 g/mol. The van der Waals surface area contributed by atoms with Gasteiger partial charge in [0.25, 0.3) is 5.91 Å². The third-order valence-corrected chi connectivity index (χ3v) is 6.69. The second kappa shape index (κ2) is 6.97. The molecule has 1 spiro atoms. The van der Waals surface area contributed by atoms with Gasteiger partial charge >= 0.3 is 0 Å². The fourth-order valence-electron chi connectivity index (χ4n) is 5.21. The van der Waals surface area contributed by atoms with Crippen LogP contribution in [0.4, 0.5) is 11.4 Å². The van der Waals surface area contributed by atoms with Gasteiger partial charge in [0.2, 0.25) is 0 Å². The van der Waals surface area contributed by atoms with Crippen LogP contribution in [0.25, 0.3) is 0 Å². The molecule has 6 heteroatoms. The Morgan fingerprint density at radius 3 is 2.66 bits per heavy atom. The largest absolute Gasteiger partial charge is 0.395 e. The number of rotatable bonds is 3. The lowest BCUT2D eigenvalue weighted by atomic mass is 9.67. The maximum Gasteiger partial charge on any atom is 0.261 e. The molecule has 1 amide bonds. The van der Waals surface area contributed by atoms with Gasteiger partial charge in [-0.2, -0.15) is 10.1 Å².